The lowest BCUT2D eigenvalue weighted by Gasteiger charge is -2.19. The number of ketones is 2. The minimum Gasteiger partial charge on any atom is -0.345 e. The largest absolute Gasteiger partial charge is 0.345 e. The van der Waals surface area contributed by atoms with Crippen molar-refractivity contribution in [3.05, 3.63) is 143 Å². The van der Waals surface area contributed by atoms with Crippen LogP contribution in [0, 0.1) is 13.8 Å². The SMILES string of the molecule is CC(=O)N1CCn2cc(C3=C(c4cnc5ccccn45)C(=O)CC3)c3cc(C)cc(c32)C1.CC(=O)N1CCn2cc(C3=C(c4cnc5ccccn45)CCC3=O)c3cc(C)cc(c32)C1. The van der Waals surface area contributed by atoms with Crippen LogP contribution in [0.15, 0.2) is 97.8 Å². The van der Waals surface area contributed by atoms with Crippen LogP contribution in [-0.2, 0) is 45.4 Å². The number of carbonyl (C=O) groups is 4. The Kier molecular flexibility index (Phi) is 9.37. The number of aryl methyl sites for hydroxylation is 2. The van der Waals surface area contributed by atoms with Crippen molar-refractivity contribution in [1.82, 2.24) is 37.7 Å². The molecule has 2 aromatic carbocycles. The van der Waals surface area contributed by atoms with Crippen molar-refractivity contribution in [1.29, 1.82) is 0 Å². The van der Waals surface area contributed by atoms with Gasteiger partial charge < -0.3 is 18.9 Å². The Bertz CT molecular complexity index is 3390. The summed E-state index contributed by atoms with van der Waals surface area (Å²) in [6.45, 7) is 11.5. The van der Waals surface area contributed by atoms with E-state index < -0.39 is 0 Å². The van der Waals surface area contributed by atoms with Crippen molar-refractivity contribution in [3.8, 4) is 0 Å². The normalized spacial score (nSPS) is 16.4. The smallest absolute Gasteiger partial charge is 0.219 e. The van der Waals surface area contributed by atoms with Crippen LogP contribution < -0.4 is 0 Å². The predicted molar refractivity (Wildman–Crippen MR) is 248 cm³/mol. The molecule has 2 amide bonds. The van der Waals surface area contributed by atoms with Crippen molar-refractivity contribution in [2.45, 2.75) is 79.6 Å². The Morgan fingerprint density at radius 1 is 0.562 bits per heavy atom. The second-order valence-corrected chi connectivity index (χ2v) is 17.7. The van der Waals surface area contributed by atoms with Crippen molar-refractivity contribution < 1.29 is 19.2 Å². The summed E-state index contributed by atoms with van der Waals surface area (Å²) in [6.07, 6.45) is 14.5. The van der Waals surface area contributed by atoms with Gasteiger partial charge in [-0.2, -0.15) is 0 Å². The Balaban J connectivity index is 0.000000143. The molecule has 0 fully saturated rings. The first kappa shape index (κ1) is 39.5. The van der Waals surface area contributed by atoms with Crippen LogP contribution in [-0.4, -0.2) is 74.2 Å². The van der Waals surface area contributed by atoms with E-state index in [1.54, 1.807) is 13.8 Å². The lowest BCUT2D eigenvalue weighted by Crippen LogP contribution is -2.29. The minimum atomic E-state index is 0.0919. The molecule has 0 radical (unpaired) electrons. The Labute approximate surface area is 369 Å². The predicted octanol–water partition coefficient (Wildman–Crippen LogP) is 8.47. The number of pyridine rings is 2. The average molecular weight is 849 g/mol. The molecule has 64 heavy (non-hydrogen) atoms. The van der Waals surface area contributed by atoms with E-state index in [-0.39, 0.29) is 23.4 Å². The van der Waals surface area contributed by atoms with Crippen molar-refractivity contribution in [3.63, 3.8) is 0 Å². The maximum atomic E-state index is 13.2. The first-order valence-corrected chi connectivity index (χ1v) is 22.2. The molecule has 8 heterocycles. The summed E-state index contributed by atoms with van der Waals surface area (Å²) in [5, 5.41) is 2.27. The zero-order valence-electron chi connectivity index (χ0n) is 36.5. The third kappa shape index (κ3) is 6.41. The Morgan fingerprint density at radius 2 is 1.06 bits per heavy atom. The number of benzene rings is 2. The molecule has 0 bridgehead atoms. The summed E-state index contributed by atoms with van der Waals surface area (Å²) in [5.41, 5.74) is 16.4. The van der Waals surface area contributed by atoms with E-state index in [2.05, 4.69) is 74.0 Å². The van der Waals surface area contributed by atoms with Gasteiger partial charge >= 0.3 is 0 Å². The van der Waals surface area contributed by atoms with E-state index in [1.165, 1.54) is 16.5 Å². The van der Waals surface area contributed by atoms with Gasteiger partial charge in [0.15, 0.2) is 11.6 Å². The first-order valence-electron chi connectivity index (χ1n) is 22.2. The average Bonchev–Trinajstić information content (AvgIpc) is 4.12. The quantitative estimate of drug-likeness (QED) is 0.175. The fourth-order valence-corrected chi connectivity index (χ4v) is 10.7. The van der Waals surface area contributed by atoms with Gasteiger partial charge in [-0.15, -0.1) is 0 Å². The van der Waals surface area contributed by atoms with E-state index in [0.29, 0.717) is 39.0 Å². The summed E-state index contributed by atoms with van der Waals surface area (Å²) < 4.78 is 8.57. The summed E-state index contributed by atoms with van der Waals surface area (Å²) in [5.74, 6) is 0.559. The molecule has 12 rings (SSSR count). The summed E-state index contributed by atoms with van der Waals surface area (Å²) in [6, 6.07) is 20.6. The van der Waals surface area contributed by atoms with E-state index in [1.807, 2.05) is 75.4 Å². The number of fused-ring (bicyclic) bond motifs is 2. The molecule has 6 aromatic heterocycles. The van der Waals surface area contributed by atoms with Crippen LogP contribution >= 0.6 is 0 Å². The molecule has 0 saturated heterocycles. The maximum absolute atomic E-state index is 13.2. The molecule has 12 nitrogen and oxygen atoms in total. The maximum Gasteiger partial charge on any atom is 0.219 e. The van der Waals surface area contributed by atoms with Gasteiger partial charge in [0.2, 0.25) is 11.8 Å². The summed E-state index contributed by atoms with van der Waals surface area (Å²) >= 11 is 0. The Hall–Kier alpha value is -7.34. The van der Waals surface area contributed by atoms with E-state index in [9.17, 15) is 19.2 Å². The number of rotatable bonds is 4. The topological polar surface area (TPSA) is 119 Å². The number of nitrogens with zero attached hydrogens (tertiary/aromatic N) is 8. The summed E-state index contributed by atoms with van der Waals surface area (Å²) in [4.78, 5) is 63.3. The number of aromatic nitrogens is 6. The van der Waals surface area contributed by atoms with Crippen molar-refractivity contribution in [2.75, 3.05) is 13.1 Å². The number of imidazole rings is 2. The number of hydrogen-bond acceptors (Lipinski definition) is 6. The third-order valence-corrected chi connectivity index (χ3v) is 13.6. The highest BCUT2D eigenvalue weighted by atomic mass is 16.2. The molecule has 0 atom stereocenters. The monoisotopic (exact) mass is 848 g/mol. The highest BCUT2D eigenvalue weighted by Crippen LogP contribution is 2.44. The Morgan fingerprint density at radius 3 is 1.64 bits per heavy atom. The van der Waals surface area contributed by atoms with Gasteiger partial charge in [0.25, 0.3) is 0 Å². The fraction of sp³-hybridized carbons (Fsp3) is 0.269. The van der Waals surface area contributed by atoms with Crippen LogP contribution in [0.3, 0.4) is 0 Å². The van der Waals surface area contributed by atoms with Gasteiger partial charge in [-0.3, -0.25) is 28.0 Å². The van der Waals surface area contributed by atoms with Gasteiger partial charge in [0.1, 0.15) is 11.3 Å². The molecule has 4 aliphatic rings. The molecular formula is C52H48N8O4. The van der Waals surface area contributed by atoms with Crippen LogP contribution in [0.5, 0.6) is 0 Å². The molecule has 0 unspecified atom stereocenters. The number of amides is 2. The number of carbonyl (C=O) groups excluding carboxylic acids is 4. The van der Waals surface area contributed by atoms with Gasteiger partial charge in [-0.05, 0) is 85.4 Å². The fourth-order valence-electron chi connectivity index (χ4n) is 10.7. The molecule has 0 N–H and O–H groups in total. The molecular weight excluding hydrogens is 801 g/mol. The second-order valence-electron chi connectivity index (χ2n) is 17.7. The molecule has 8 aromatic rings. The second kappa shape index (κ2) is 15.2. The van der Waals surface area contributed by atoms with Crippen LogP contribution in [0.2, 0.25) is 0 Å². The lowest BCUT2D eigenvalue weighted by molar-refractivity contribution is -0.130. The van der Waals surface area contributed by atoms with E-state index >= 15 is 0 Å². The first-order chi connectivity index (χ1) is 31.0. The van der Waals surface area contributed by atoms with Gasteiger partial charge in [-0.1, -0.05) is 35.4 Å². The molecule has 0 spiro atoms. The van der Waals surface area contributed by atoms with Crippen molar-refractivity contribution in [2.24, 2.45) is 0 Å². The molecule has 2 aliphatic heterocycles. The number of allylic oxidation sites excluding steroid dienone is 4. The molecule has 0 saturated carbocycles. The van der Waals surface area contributed by atoms with Crippen molar-refractivity contribution >= 4 is 78.8 Å². The van der Waals surface area contributed by atoms with Gasteiger partial charge in [0, 0.05) is 124 Å². The van der Waals surface area contributed by atoms with Crippen LogP contribution in [0.25, 0.3) is 55.4 Å². The number of Topliss-reactive ketones (excluding diaryl/α,β-unsaturated/α-hetero) is 2. The van der Waals surface area contributed by atoms with Gasteiger partial charge in [0.05, 0.1) is 34.8 Å². The number of hydrogen-bond donors (Lipinski definition) is 0. The highest BCUT2D eigenvalue weighted by molar-refractivity contribution is 6.33. The van der Waals surface area contributed by atoms with Crippen LogP contribution in [0.4, 0.5) is 0 Å². The molecule has 320 valence electrons. The third-order valence-electron chi connectivity index (χ3n) is 13.6. The minimum absolute atomic E-state index is 0.0919. The van der Waals surface area contributed by atoms with E-state index in [0.717, 1.165) is 110 Å². The zero-order chi connectivity index (χ0) is 44.0. The van der Waals surface area contributed by atoms with E-state index in [4.69, 9.17) is 0 Å². The molecule has 12 heteroatoms. The molecule has 2 aliphatic carbocycles. The van der Waals surface area contributed by atoms with Crippen LogP contribution in [0.1, 0.15) is 84.3 Å². The zero-order valence-corrected chi connectivity index (χ0v) is 36.5. The van der Waals surface area contributed by atoms with Gasteiger partial charge in [-0.25, -0.2) is 9.97 Å². The highest BCUT2D eigenvalue weighted by Gasteiger charge is 2.33. The standard InChI is InChI=1S/2C26H24N4O2/c1-16-11-18-14-28(17(2)31)9-10-29-15-21(20(12-16)26(18)29)25-19(6-7-23(25)32)22-13-27-24-5-3-4-8-30(22)24;1-16-11-18-14-28(17(2)31)9-10-29-15-21(20(12-16)26(18)29)19-6-7-23(32)25(19)22-13-27-24-5-3-4-8-30(22)24/h2*3-5,8,11-13,15H,6-7,9-10,14H2,1-2H3. The lowest BCUT2D eigenvalue weighted by atomic mass is 9.97. The summed E-state index contributed by atoms with van der Waals surface area (Å²) in [7, 11) is 0.